The van der Waals surface area contributed by atoms with Crippen molar-refractivity contribution in [2.75, 3.05) is 0 Å². The van der Waals surface area contributed by atoms with Gasteiger partial charge in [-0.3, -0.25) is 0 Å². The van der Waals surface area contributed by atoms with Crippen LogP contribution in [0.15, 0.2) is 188 Å². The van der Waals surface area contributed by atoms with Gasteiger partial charge in [-0.1, -0.05) is 176 Å². The van der Waals surface area contributed by atoms with E-state index in [0.717, 1.165) is 59.0 Å². The van der Waals surface area contributed by atoms with Gasteiger partial charge in [0, 0.05) is 21.5 Å². The third kappa shape index (κ3) is 4.19. The maximum Gasteiger partial charge on any atom is 0.0996 e. The standard InChI is InChI=1S/C68H39N3/c69-36-42-34-56-62(60-48-20-5-11-26-54(48)67(64(42)60)50-22-7-1-16-44(50)45-17-2-8-23-51(45)67)58-40-30-28-38-14-13-15-39(32-38)29-31-41(33-40)59-63-57(71(56)66(58)59)35-43(37-70)65-61(63)49-21-6-12-27-55(49)68(65)52-24-9-3-18-46(52)47-19-4-10-25-53(47)68/h1-27,32-35H,28-31H2. The third-order valence-corrected chi connectivity index (χ3v) is 17.7. The average molecular weight is 898 g/mol. The van der Waals surface area contributed by atoms with Crippen molar-refractivity contribution in [2.24, 2.45) is 0 Å². The lowest BCUT2D eigenvalue weighted by Crippen LogP contribution is -2.27. The zero-order chi connectivity index (χ0) is 46.5. The van der Waals surface area contributed by atoms with E-state index < -0.39 is 10.8 Å². The van der Waals surface area contributed by atoms with Gasteiger partial charge in [-0.2, -0.15) is 10.5 Å². The molecular weight excluding hydrogens is 859 g/mol. The number of nitrogens with zero attached hydrogens (tertiary/aromatic N) is 3. The third-order valence-electron chi connectivity index (χ3n) is 17.7. The van der Waals surface area contributed by atoms with Crippen LogP contribution in [-0.4, -0.2) is 4.40 Å². The molecule has 0 saturated carbocycles. The summed E-state index contributed by atoms with van der Waals surface area (Å²) >= 11 is 0. The number of nitriles is 2. The summed E-state index contributed by atoms with van der Waals surface area (Å²) in [6.45, 7) is 0. The molecule has 3 nitrogen and oxygen atoms in total. The summed E-state index contributed by atoms with van der Waals surface area (Å²) in [5.41, 5.74) is 27.8. The molecule has 0 radical (unpaired) electrons. The quantitative estimate of drug-likeness (QED) is 0.152. The van der Waals surface area contributed by atoms with Crippen molar-refractivity contribution in [1.29, 1.82) is 10.5 Å². The first kappa shape index (κ1) is 37.9. The van der Waals surface area contributed by atoms with Crippen LogP contribution in [0.25, 0.3) is 82.6 Å². The molecule has 10 aromatic carbocycles. The monoisotopic (exact) mass is 897 g/mol. The van der Waals surface area contributed by atoms with Crippen molar-refractivity contribution in [3.63, 3.8) is 0 Å². The second kappa shape index (κ2) is 13.0. The molecule has 4 bridgehead atoms. The summed E-state index contributed by atoms with van der Waals surface area (Å²) in [5.74, 6) is 0. The molecule has 71 heavy (non-hydrogen) atoms. The fraction of sp³-hybridized carbons (Fsp3) is 0.0882. The van der Waals surface area contributed by atoms with E-state index in [1.54, 1.807) is 0 Å². The van der Waals surface area contributed by atoms with Crippen LogP contribution in [-0.2, 0) is 36.5 Å². The van der Waals surface area contributed by atoms with Gasteiger partial charge in [0.05, 0.1) is 50.6 Å². The van der Waals surface area contributed by atoms with E-state index in [2.05, 4.69) is 205 Å². The highest BCUT2D eigenvalue weighted by Gasteiger charge is 2.56. The van der Waals surface area contributed by atoms with Gasteiger partial charge in [-0.15, -0.1) is 0 Å². The van der Waals surface area contributed by atoms with Gasteiger partial charge >= 0.3 is 0 Å². The Hall–Kier alpha value is -9.02. The van der Waals surface area contributed by atoms with Crippen LogP contribution in [0, 0.1) is 22.7 Å². The molecule has 0 amide bonds. The molecule has 0 fully saturated rings. The second-order valence-electron chi connectivity index (χ2n) is 20.6. The van der Waals surface area contributed by atoms with Crippen LogP contribution < -0.4 is 0 Å². The lowest BCUT2D eigenvalue weighted by atomic mass is 9.69. The van der Waals surface area contributed by atoms with Crippen LogP contribution in [0.3, 0.4) is 0 Å². The van der Waals surface area contributed by atoms with Crippen molar-refractivity contribution >= 4 is 38.1 Å². The Morgan fingerprint density at radius 2 is 0.704 bits per heavy atom. The molecule has 0 atom stereocenters. The molecule has 0 N–H and O–H groups in total. The SMILES string of the molecule is N#Cc1cc2c(c3c1C1(c4ccccc4-c4ccccc41)c1ccccc1-3)c1c3cc(c4c5c6c(c(C#N)cc5n2c14)C1(c2ccccc2-c2ccccc21)c1ccccc1-6)CCc1cccc(c1)CC3. The van der Waals surface area contributed by atoms with Crippen LogP contribution in [0.5, 0.6) is 0 Å². The summed E-state index contributed by atoms with van der Waals surface area (Å²) in [4.78, 5) is 0. The van der Waals surface area contributed by atoms with Gasteiger partial charge in [-0.05, 0) is 149 Å². The summed E-state index contributed by atoms with van der Waals surface area (Å²) in [6.07, 6.45) is 3.58. The summed E-state index contributed by atoms with van der Waals surface area (Å²) in [7, 11) is 0. The van der Waals surface area contributed by atoms with E-state index in [4.69, 9.17) is 0 Å². The number of hydrogen-bond donors (Lipinski definition) is 0. The van der Waals surface area contributed by atoms with E-state index in [1.165, 1.54) is 116 Å². The molecule has 5 aliphatic carbocycles. The zero-order valence-electron chi connectivity index (χ0n) is 38.6. The number of rotatable bonds is 0. The molecule has 17 rings (SSSR count). The number of fused-ring (bicyclic) bond motifs is 34. The molecule has 3 heteroatoms. The minimum Gasteiger partial charge on any atom is -0.308 e. The Morgan fingerprint density at radius 3 is 1.08 bits per heavy atom. The molecule has 2 aromatic heterocycles. The van der Waals surface area contributed by atoms with Crippen LogP contribution in [0.2, 0.25) is 0 Å². The second-order valence-corrected chi connectivity index (χ2v) is 20.6. The predicted molar refractivity (Wildman–Crippen MR) is 284 cm³/mol. The number of aromatic nitrogens is 1. The van der Waals surface area contributed by atoms with Crippen LogP contribution >= 0.6 is 0 Å². The van der Waals surface area contributed by atoms with Crippen molar-refractivity contribution in [3.8, 4) is 56.6 Å². The first-order valence-electron chi connectivity index (χ1n) is 25.0. The highest BCUT2D eigenvalue weighted by molar-refractivity contribution is 6.32. The highest BCUT2D eigenvalue weighted by atomic mass is 14.9. The Morgan fingerprint density at radius 1 is 0.352 bits per heavy atom. The van der Waals surface area contributed by atoms with Gasteiger partial charge in [0.2, 0.25) is 0 Å². The summed E-state index contributed by atoms with van der Waals surface area (Å²) < 4.78 is 2.50. The molecule has 2 heterocycles. The Balaban J connectivity index is 1.10. The van der Waals surface area contributed by atoms with Gasteiger partial charge in [0.15, 0.2) is 0 Å². The van der Waals surface area contributed by atoms with E-state index in [9.17, 15) is 10.5 Å². The minimum absolute atomic E-state index is 0.681. The van der Waals surface area contributed by atoms with E-state index in [-0.39, 0.29) is 0 Å². The smallest absolute Gasteiger partial charge is 0.0996 e. The number of hydrogen-bond acceptors (Lipinski definition) is 2. The van der Waals surface area contributed by atoms with E-state index in [1.807, 2.05) is 0 Å². The first-order chi connectivity index (χ1) is 35.2. The molecule has 5 aliphatic rings. The zero-order valence-corrected chi connectivity index (χ0v) is 38.6. The number of aryl methyl sites for hydroxylation is 4. The fourth-order valence-electron chi connectivity index (χ4n) is 15.4. The van der Waals surface area contributed by atoms with Crippen molar-refractivity contribution in [2.45, 2.75) is 36.5 Å². The lowest BCUT2D eigenvalue weighted by Gasteiger charge is -2.31. The van der Waals surface area contributed by atoms with Crippen molar-refractivity contribution in [3.05, 3.63) is 266 Å². The predicted octanol–water partition coefficient (Wildman–Crippen LogP) is 15.2. The normalized spacial score (nSPS) is 15.3. The van der Waals surface area contributed by atoms with Crippen molar-refractivity contribution < 1.29 is 0 Å². The average Bonchev–Trinajstić information content (AvgIpc) is 4.26. The molecule has 0 aliphatic heterocycles. The van der Waals surface area contributed by atoms with Crippen LogP contribution in [0.1, 0.15) is 77.9 Å². The Bertz CT molecular complexity index is 4190. The van der Waals surface area contributed by atoms with Crippen molar-refractivity contribution in [1.82, 2.24) is 4.40 Å². The molecular formula is C68H39N3. The Kier molecular flexibility index (Phi) is 6.93. The molecule has 2 spiro atoms. The molecule has 0 unspecified atom stereocenters. The van der Waals surface area contributed by atoms with E-state index in [0.29, 0.717) is 11.1 Å². The number of benzene rings is 10. The minimum atomic E-state index is -0.681. The molecule has 12 aromatic rings. The van der Waals surface area contributed by atoms with Gasteiger partial charge in [0.1, 0.15) is 0 Å². The molecule has 0 saturated heterocycles. The first-order valence-corrected chi connectivity index (χ1v) is 25.0. The fourth-order valence-corrected chi connectivity index (χ4v) is 15.4. The van der Waals surface area contributed by atoms with Gasteiger partial charge in [0.25, 0.3) is 0 Å². The maximum absolute atomic E-state index is 11.8. The Labute approximate surface area is 410 Å². The van der Waals surface area contributed by atoms with Gasteiger partial charge in [-0.25, -0.2) is 0 Å². The topological polar surface area (TPSA) is 52.0 Å². The molecule has 326 valence electrons. The van der Waals surface area contributed by atoms with E-state index >= 15 is 0 Å². The summed E-state index contributed by atoms with van der Waals surface area (Å²) in [6, 6.07) is 75.5. The van der Waals surface area contributed by atoms with Gasteiger partial charge < -0.3 is 4.40 Å². The highest BCUT2D eigenvalue weighted by Crippen LogP contribution is 2.68. The maximum atomic E-state index is 11.8. The lowest BCUT2D eigenvalue weighted by molar-refractivity contribution is 0.791. The van der Waals surface area contributed by atoms with Crippen LogP contribution in [0.4, 0.5) is 0 Å². The summed E-state index contributed by atoms with van der Waals surface area (Å²) in [5, 5.41) is 28.5. The largest absolute Gasteiger partial charge is 0.308 e.